The van der Waals surface area contributed by atoms with E-state index in [1.54, 1.807) is 0 Å². The molecule has 0 aromatic heterocycles. The molecule has 1 saturated carbocycles. The number of nitrogens with two attached hydrogens (primary N) is 1. The van der Waals surface area contributed by atoms with E-state index in [1.165, 1.54) is 31.1 Å². The topological polar surface area (TPSA) is 55.1 Å². The summed E-state index contributed by atoms with van der Waals surface area (Å²) < 4.78 is 0. The van der Waals surface area contributed by atoms with Gasteiger partial charge in [0.05, 0.1) is 6.42 Å². The molecule has 3 heteroatoms. The third-order valence-electron chi connectivity index (χ3n) is 4.80. The minimum atomic E-state index is 0.0821. The molecule has 1 aliphatic carbocycles. The molecule has 2 aromatic carbocycles. The Balaban J connectivity index is 1.70. The van der Waals surface area contributed by atoms with Crippen molar-refractivity contribution in [2.45, 2.75) is 38.1 Å². The van der Waals surface area contributed by atoms with Gasteiger partial charge in [-0.25, -0.2) is 0 Å². The molecule has 3 N–H and O–H groups in total. The molecule has 1 fully saturated rings. The van der Waals surface area contributed by atoms with E-state index in [9.17, 15) is 4.79 Å². The summed E-state index contributed by atoms with van der Waals surface area (Å²) in [5, 5.41) is 5.50. The van der Waals surface area contributed by atoms with Gasteiger partial charge in [0, 0.05) is 12.6 Å². The maximum atomic E-state index is 12.4. The first-order chi connectivity index (χ1) is 10.8. The molecular formula is C19H24N2O. The zero-order chi connectivity index (χ0) is 15.4. The van der Waals surface area contributed by atoms with Crippen LogP contribution >= 0.6 is 0 Å². The van der Waals surface area contributed by atoms with Crippen molar-refractivity contribution in [2.75, 3.05) is 6.54 Å². The van der Waals surface area contributed by atoms with Crippen molar-refractivity contribution in [1.29, 1.82) is 0 Å². The van der Waals surface area contributed by atoms with Crippen LogP contribution in [0.3, 0.4) is 0 Å². The van der Waals surface area contributed by atoms with Crippen LogP contribution < -0.4 is 11.1 Å². The first-order valence-corrected chi connectivity index (χ1v) is 8.24. The number of rotatable bonds is 5. The molecule has 1 aliphatic rings. The summed E-state index contributed by atoms with van der Waals surface area (Å²) in [7, 11) is 0. The molecule has 1 unspecified atom stereocenters. The molecule has 3 nitrogen and oxygen atoms in total. The highest BCUT2D eigenvalue weighted by molar-refractivity contribution is 5.90. The van der Waals surface area contributed by atoms with Gasteiger partial charge in [-0.3, -0.25) is 4.79 Å². The fraction of sp³-hybridized carbons (Fsp3) is 0.421. The Hall–Kier alpha value is -1.87. The summed E-state index contributed by atoms with van der Waals surface area (Å²) in [4.78, 5) is 12.4. The SMILES string of the molecule is NCC(NC(=O)Cc1cccc2ccccc12)C1CCCC1. The predicted octanol–water partition coefficient (Wildman–Crippen LogP) is 3.02. The van der Waals surface area contributed by atoms with Gasteiger partial charge in [-0.15, -0.1) is 0 Å². The Morgan fingerprint density at radius 1 is 1.14 bits per heavy atom. The van der Waals surface area contributed by atoms with Gasteiger partial charge >= 0.3 is 0 Å². The van der Waals surface area contributed by atoms with Gasteiger partial charge in [-0.2, -0.15) is 0 Å². The Morgan fingerprint density at radius 2 is 1.86 bits per heavy atom. The lowest BCUT2D eigenvalue weighted by molar-refractivity contribution is -0.121. The van der Waals surface area contributed by atoms with Gasteiger partial charge in [0.2, 0.25) is 5.91 Å². The minimum Gasteiger partial charge on any atom is -0.352 e. The largest absolute Gasteiger partial charge is 0.352 e. The molecule has 0 spiro atoms. The van der Waals surface area contributed by atoms with Crippen LogP contribution in [0.2, 0.25) is 0 Å². The highest BCUT2D eigenvalue weighted by Crippen LogP contribution is 2.27. The molecule has 0 saturated heterocycles. The monoisotopic (exact) mass is 296 g/mol. The van der Waals surface area contributed by atoms with Gasteiger partial charge in [0.25, 0.3) is 0 Å². The highest BCUT2D eigenvalue weighted by atomic mass is 16.1. The number of hydrogen-bond donors (Lipinski definition) is 2. The number of amides is 1. The number of fused-ring (bicyclic) bond motifs is 1. The third-order valence-corrected chi connectivity index (χ3v) is 4.80. The smallest absolute Gasteiger partial charge is 0.224 e. The molecule has 0 aliphatic heterocycles. The molecule has 0 heterocycles. The van der Waals surface area contributed by atoms with Gasteiger partial charge in [0.1, 0.15) is 0 Å². The molecule has 0 bridgehead atoms. The zero-order valence-electron chi connectivity index (χ0n) is 12.9. The van der Waals surface area contributed by atoms with Gasteiger partial charge in [-0.1, -0.05) is 55.3 Å². The predicted molar refractivity (Wildman–Crippen MR) is 90.6 cm³/mol. The second kappa shape index (κ2) is 6.93. The summed E-state index contributed by atoms with van der Waals surface area (Å²) in [6.45, 7) is 0.534. The molecule has 1 atom stereocenters. The third kappa shape index (κ3) is 3.30. The van der Waals surface area contributed by atoms with Crippen LogP contribution in [0.1, 0.15) is 31.2 Å². The van der Waals surface area contributed by atoms with Crippen LogP contribution in [0, 0.1) is 5.92 Å². The summed E-state index contributed by atoms with van der Waals surface area (Å²) in [5.74, 6) is 0.639. The lowest BCUT2D eigenvalue weighted by Gasteiger charge is -2.23. The van der Waals surface area contributed by atoms with E-state index >= 15 is 0 Å². The van der Waals surface area contributed by atoms with Gasteiger partial charge in [-0.05, 0) is 35.1 Å². The molecule has 116 valence electrons. The lowest BCUT2D eigenvalue weighted by atomic mass is 9.97. The number of hydrogen-bond acceptors (Lipinski definition) is 2. The number of benzene rings is 2. The number of carbonyl (C=O) groups excluding carboxylic acids is 1. The normalized spacial score (nSPS) is 16.8. The van der Waals surface area contributed by atoms with Crippen molar-refractivity contribution >= 4 is 16.7 Å². The van der Waals surface area contributed by atoms with E-state index in [0.29, 0.717) is 18.9 Å². The molecule has 22 heavy (non-hydrogen) atoms. The van der Waals surface area contributed by atoms with Crippen LogP contribution in [0.15, 0.2) is 42.5 Å². The van der Waals surface area contributed by atoms with Crippen LogP contribution in [0.4, 0.5) is 0 Å². The van der Waals surface area contributed by atoms with Crippen molar-refractivity contribution in [1.82, 2.24) is 5.32 Å². The van der Waals surface area contributed by atoms with Crippen molar-refractivity contribution in [2.24, 2.45) is 11.7 Å². The highest BCUT2D eigenvalue weighted by Gasteiger charge is 2.25. The van der Waals surface area contributed by atoms with Crippen LogP contribution in [0.5, 0.6) is 0 Å². The van der Waals surface area contributed by atoms with Crippen molar-refractivity contribution in [3.8, 4) is 0 Å². The maximum Gasteiger partial charge on any atom is 0.224 e. The fourth-order valence-electron chi connectivity index (χ4n) is 3.61. The second-order valence-electron chi connectivity index (χ2n) is 6.27. The molecule has 3 rings (SSSR count). The first-order valence-electron chi connectivity index (χ1n) is 8.24. The van der Waals surface area contributed by atoms with E-state index in [2.05, 4.69) is 23.5 Å². The van der Waals surface area contributed by atoms with E-state index in [4.69, 9.17) is 5.73 Å². The Labute approximate surface area is 131 Å². The van der Waals surface area contributed by atoms with Crippen molar-refractivity contribution < 1.29 is 4.79 Å². The second-order valence-corrected chi connectivity index (χ2v) is 6.27. The number of carbonyl (C=O) groups is 1. The summed E-state index contributed by atoms with van der Waals surface area (Å²) in [6.07, 6.45) is 5.33. The van der Waals surface area contributed by atoms with Crippen LogP contribution in [-0.4, -0.2) is 18.5 Å². The zero-order valence-corrected chi connectivity index (χ0v) is 12.9. The van der Waals surface area contributed by atoms with E-state index < -0.39 is 0 Å². The molecule has 1 amide bonds. The van der Waals surface area contributed by atoms with Gasteiger partial charge < -0.3 is 11.1 Å². The van der Waals surface area contributed by atoms with Crippen LogP contribution in [0.25, 0.3) is 10.8 Å². The van der Waals surface area contributed by atoms with E-state index in [-0.39, 0.29) is 11.9 Å². The molecule has 0 radical (unpaired) electrons. The summed E-state index contributed by atoms with van der Waals surface area (Å²) >= 11 is 0. The fourth-order valence-corrected chi connectivity index (χ4v) is 3.61. The first kappa shape index (κ1) is 15.0. The maximum absolute atomic E-state index is 12.4. The van der Waals surface area contributed by atoms with Gasteiger partial charge in [0.15, 0.2) is 0 Å². The minimum absolute atomic E-state index is 0.0821. The number of nitrogens with one attached hydrogen (secondary N) is 1. The summed E-state index contributed by atoms with van der Waals surface area (Å²) in [6, 6.07) is 14.5. The molecular weight excluding hydrogens is 272 g/mol. The Kier molecular flexibility index (Phi) is 4.74. The average molecular weight is 296 g/mol. The van der Waals surface area contributed by atoms with Crippen LogP contribution in [-0.2, 0) is 11.2 Å². The van der Waals surface area contributed by atoms with E-state index in [1.807, 2.05) is 24.3 Å². The Bertz CT molecular complexity index is 641. The standard InChI is InChI=1S/C19H24N2O/c20-13-18(15-7-1-2-8-15)21-19(22)12-16-10-5-9-14-6-3-4-11-17(14)16/h3-6,9-11,15,18H,1-2,7-8,12-13,20H2,(H,21,22). The lowest BCUT2D eigenvalue weighted by Crippen LogP contribution is -2.45. The quantitative estimate of drug-likeness (QED) is 0.891. The average Bonchev–Trinajstić information content (AvgIpc) is 3.07. The van der Waals surface area contributed by atoms with E-state index in [0.717, 1.165) is 10.9 Å². The summed E-state index contributed by atoms with van der Waals surface area (Å²) in [5.41, 5.74) is 6.95. The Morgan fingerprint density at radius 3 is 2.64 bits per heavy atom. The van der Waals surface area contributed by atoms with Crippen molar-refractivity contribution in [3.05, 3.63) is 48.0 Å². The van der Waals surface area contributed by atoms with Crippen molar-refractivity contribution in [3.63, 3.8) is 0 Å². The molecule has 2 aromatic rings.